The first-order valence-electron chi connectivity index (χ1n) is 7.19. The Bertz CT molecular complexity index is 574. The van der Waals surface area contributed by atoms with Crippen LogP contribution >= 0.6 is 11.6 Å². The molecule has 21 heavy (non-hydrogen) atoms. The number of hydrogen-bond donors (Lipinski definition) is 1. The van der Waals surface area contributed by atoms with Crippen LogP contribution in [0, 0.1) is 23.1 Å². The fourth-order valence-corrected chi connectivity index (χ4v) is 2.98. The zero-order chi connectivity index (χ0) is 15.5. The molecule has 1 N–H and O–H groups in total. The molecule has 0 spiro atoms. The number of nitrogens with zero attached hydrogens (tertiary/aromatic N) is 1. The van der Waals surface area contributed by atoms with E-state index in [0.717, 1.165) is 19.3 Å². The average molecular weight is 309 g/mol. The van der Waals surface area contributed by atoms with Gasteiger partial charge in [-0.1, -0.05) is 31.0 Å². The van der Waals surface area contributed by atoms with Crippen LogP contribution in [0.25, 0.3) is 0 Å². The lowest BCUT2D eigenvalue weighted by atomic mass is 9.76. The normalized spacial score (nSPS) is 25.1. The number of rotatable bonds is 3. The molecule has 2 rings (SSSR count). The number of halogens is 2. The number of hydrogen-bond acceptors (Lipinski definition) is 2. The Hall–Kier alpha value is -1.60. The van der Waals surface area contributed by atoms with Gasteiger partial charge in [-0.15, -0.1) is 0 Å². The molecule has 5 heteroatoms. The zero-order valence-electron chi connectivity index (χ0n) is 12.0. The summed E-state index contributed by atoms with van der Waals surface area (Å²) in [5, 5.41) is 12.1. The quantitative estimate of drug-likeness (QED) is 0.915. The van der Waals surface area contributed by atoms with Gasteiger partial charge in [0.15, 0.2) is 5.82 Å². The molecule has 1 saturated carbocycles. The molecule has 0 radical (unpaired) electrons. The minimum atomic E-state index is -0.891. The van der Waals surface area contributed by atoms with Gasteiger partial charge in [0.25, 0.3) is 5.91 Å². The summed E-state index contributed by atoms with van der Waals surface area (Å²) in [7, 11) is 0. The summed E-state index contributed by atoms with van der Waals surface area (Å²) in [4.78, 5) is 12.2. The summed E-state index contributed by atoms with van der Waals surface area (Å²) in [6, 6.07) is 6.49. The highest BCUT2D eigenvalue weighted by atomic mass is 35.5. The van der Waals surface area contributed by atoms with Crippen molar-refractivity contribution in [2.45, 2.75) is 44.6 Å². The summed E-state index contributed by atoms with van der Waals surface area (Å²) in [5.74, 6) is -0.718. The summed E-state index contributed by atoms with van der Waals surface area (Å²) < 4.78 is 13.9. The highest BCUT2D eigenvalue weighted by Crippen LogP contribution is 2.33. The second kappa shape index (κ2) is 6.44. The smallest absolute Gasteiger partial charge is 0.255 e. The number of nitriles is 1. The van der Waals surface area contributed by atoms with Crippen molar-refractivity contribution >= 4 is 17.5 Å². The Morgan fingerprint density at radius 2 is 2.19 bits per heavy atom. The molecule has 0 aliphatic heterocycles. The minimum absolute atomic E-state index is 0.0941. The molecule has 0 heterocycles. The van der Waals surface area contributed by atoms with Crippen molar-refractivity contribution in [2.75, 3.05) is 0 Å². The van der Waals surface area contributed by atoms with E-state index in [1.54, 1.807) is 0 Å². The van der Waals surface area contributed by atoms with Crippen molar-refractivity contribution in [3.05, 3.63) is 34.6 Å². The SMILES string of the molecule is CCC1CCC(C#N)(NC(=O)c2cccc(Cl)c2F)CC1. The Balaban J connectivity index is 2.14. The molecule has 1 aliphatic carbocycles. The Kier molecular flexibility index (Phi) is 4.84. The Morgan fingerprint density at radius 3 is 2.76 bits per heavy atom. The molecule has 112 valence electrons. The van der Waals surface area contributed by atoms with Crippen LogP contribution in [0.1, 0.15) is 49.4 Å². The first-order valence-corrected chi connectivity index (χ1v) is 7.57. The van der Waals surface area contributed by atoms with Crippen molar-refractivity contribution in [3.63, 3.8) is 0 Å². The fourth-order valence-electron chi connectivity index (χ4n) is 2.81. The first-order chi connectivity index (χ1) is 10.0. The van der Waals surface area contributed by atoms with Crippen molar-refractivity contribution in [3.8, 4) is 6.07 Å². The van der Waals surface area contributed by atoms with Gasteiger partial charge in [-0.05, 0) is 43.7 Å². The third-order valence-corrected chi connectivity index (χ3v) is 4.59. The maximum Gasteiger partial charge on any atom is 0.255 e. The van der Waals surface area contributed by atoms with E-state index in [9.17, 15) is 14.4 Å². The maximum absolute atomic E-state index is 13.9. The van der Waals surface area contributed by atoms with E-state index in [-0.39, 0.29) is 10.6 Å². The van der Waals surface area contributed by atoms with Crippen LogP contribution in [0.4, 0.5) is 4.39 Å². The van der Waals surface area contributed by atoms with Crippen molar-refractivity contribution in [1.29, 1.82) is 5.26 Å². The molecule has 0 bridgehead atoms. The topological polar surface area (TPSA) is 52.9 Å². The fraction of sp³-hybridized carbons (Fsp3) is 0.500. The third kappa shape index (κ3) is 3.36. The predicted molar refractivity (Wildman–Crippen MR) is 79.5 cm³/mol. The third-order valence-electron chi connectivity index (χ3n) is 4.30. The second-order valence-electron chi connectivity index (χ2n) is 5.60. The Labute approximate surface area is 129 Å². The van der Waals surface area contributed by atoms with Gasteiger partial charge in [0.2, 0.25) is 0 Å². The molecule has 0 atom stereocenters. The molecule has 1 fully saturated rings. The van der Waals surface area contributed by atoms with Crippen LogP contribution in [0.2, 0.25) is 5.02 Å². The monoisotopic (exact) mass is 308 g/mol. The molecule has 1 aromatic rings. The second-order valence-corrected chi connectivity index (χ2v) is 6.01. The van der Waals surface area contributed by atoms with E-state index in [1.165, 1.54) is 18.2 Å². The van der Waals surface area contributed by atoms with Gasteiger partial charge < -0.3 is 5.32 Å². The van der Waals surface area contributed by atoms with E-state index < -0.39 is 17.3 Å². The van der Waals surface area contributed by atoms with Gasteiger partial charge in [-0.25, -0.2) is 4.39 Å². The maximum atomic E-state index is 13.9. The molecule has 3 nitrogen and oxygen atoms in total. The number of carbonyl (C=O) groups is 1. The standard InChI is InChI=1S/C16H18ClFN2O/c1-2-11-6-8-16(10-19,9-7-11)20-15(21)12-4-3-5-13(17)14(12)18/h3-5,11H,2,6-9H2,1H3,(H,20,21). The molecular weight excluding hydrogens is 291 g/mol. The summed E-state index contributed by atoms with van der Waals surface area (Å²) in [6.07, 6.45) is 4.11. The number of nitrogens with one attached hydrogen (secondary N) is 1. The van der Waals surface area contributed by atoms with Gasteiger partial charge >= 0.3 is 0 Å². The van der Waals surface area contributed by atoms with Crippen LogP contribution in [0.5, 0.6) is 0 Å². The van der Waals surface area contributed by atoms with Crippen LogP contribution in [0.3, 0.4) is 0 Å². The van der Waals surface area contributed by atoms with Crippen molar-refractivity contribution in [2.24, 2.45) is 5.92 Å². The van der Waals surface area contributed by atoms with Crippen molar-refractivity contribution < 1.29 is 9.18 Å². The summed E-state index contributed by atoms with van der Waals surface area (Å²) >= 11 is 5.69. The van der Waals surface area contributed by atoms with E-state index in [4.69, 9.17) is 11.6 Å². The average Bonchev–Trinajstić information content (AvgIpc) is 2.50. The Morgan fingerprint density at radius 1 is 1.52 bits per heavy atom. The lowest BCUT2D eigenvalue weighted by molar-refractivity contribution is 0.0887. The molecule has 0 aromatic heterocycles. The van der Waals surface area contributed by atoms with E-state index in [2.05, 4.69) is 18.3 Å². The summed E-state index contributed by atoms with van der Waals surface area (Å²) in [5.41, 5.74) is -1.01. The predicted octanol–water partition coefficient (Wildman–Crippen LogP) is 4.07. The van der Waals surface area contributed by atoms with Gasteiger partial charge in [-0.2, -0.15) is 5.26 Å². The zero-order valence-corrected chi connectivity index (χ0v) is 12.7. The highest BCUT2D eigenvalue weighted by Gasteiger charge is 2.37. The molecule has 1 aromatic carbocycles. The van der Waals surface area contributed by atoms with Crippen molar-refractivity contribution in [1.82, 2.24) is 5.32 Å². The molecular formula is C16H18ClFN2O. The van der Waals surface area contributed by atoms with Crippen LogP contribution in [0.15, 0.2) is 18.2 Å². The lowest BCUT2D eigenvalue weighted by Crippen LogP contribution is -2.49. The molecule has 0 saturated heterocycles. The molecule has 1 amide bonds. The van der Waals surface area contributed by atoms with Gasteiger partial charge in [0.05, 0.1) is 16.7 Å². The molecule has 1 aliphatic rings. The molecule has 0 unspecified atom stereocenters. The van der Waals surface area contributed by atoms with Crippen LogP contribution in [-0.4, -0.2) is 11.4 Å². The lowest BCUT2D eigenvalue weighted by Gasteiger charge is -2.35. The highest BCUT2D eigenvalue weighted by molar-refractivity contribution is 6.31. The van der Waals surface area contributed by atoms with Gasteiger partial charge in [0.1, 0.15) is 5.54 Å². The van der Waals surface area contributed by atoms with E-state index >= 15 is 0 Å². The van der Waals surface area contributed by atoms with Crippen LogP contribution in [-0.2, 0) is 0 Å². The minimum Gasteiger partial charge on any atom is -0.334 e. The number of carbonyl (C=O) groups excluding carboxylic acids is 1. The van der Waals surface area contributed by atoms with Gasteiger partial charge in [0, 0.05) is 0 Å². The van der Waals surface area contributed by atoms with Gasteiger partial charge in [-0.3, -0.25) is 4.79 Å². The van der Waals surface area contributed by atoms with Crippen LogP contribution < -0.4 is 5.32 Å². The first kappa shape index (κ1) is 15.8. The summed E-state index contributed by atoms with van der Waals surface area (Å²) in [6.45, 7) is 2.13. The van der Waals surface area contributed by atoms with E-state index in [0.29, 0.717) is 18.8 Å². The number of benzene rings is 1. The number of amides is 1. The largest absolute Gasteiger partial charge is 0.334 e. The van der Waals surface area contributed by atoms with E-state index in [1.807, 2.05) is 0 Å².